The van der Waals surface area contributed by atoms with E-state index in [-0.39, 0.29) is 30.7 Å². The molecule has 1 atom stereocenters. The molecule has 0 saturated carbocycles. The van der Waals surface area contributed by atoms with Gasteiger partial charge in [-0.15, -0.1) is 0 Å². The van der Waals surface area contributed by atoms with Crippen LogP contribution >= 0.6 is 0 Å². The van der Waals surface area contributed by atoms with Crippen LogP contribution in [0.3, 0.4) is 0 Å². The quantitative estimate of drug-likeness (QED) is 0.561. The third-order valence-electron chi connectivity index (χ3n) is 4.47. The summed E-state index contributed by atoms with van der Waals surface area (Å²) >= 11 is 0. The van der Waals surface area contributed by atoms with Crippen molar-refractivity contribution in [2.45, 2.75) is 33.4 Å². The fraction of sp³-hybridized carbons (Fsp3) is 0.318. The second-order valence-electron chi connectivity index (χ2n) is 6.91. The van der Waals surface area contributed by atoms with Gasteiger partial charge >= 0.3 is 11.9 Å². The highest BCUT2D eigenvalue weighted by Crippen LogP contribution is 2.27. The summed E-state index contributed by atoms with van der Waals surface area (Å²) in [5.41, 5.74) is 0.899. The number of fused-ring (bicyclic) bond motifs is 1. The van der Waals surface area contributed by atoms with Gasteiger partial charge in [-0.05, 0) is 31.0 Å². The SMILES string of the molecule is CCOC(=O)c1oc2ccccc2c1COC(=O)[C@@H](NC(=O)c1ccco1)C(C)C. The molecule has 0 aliphatic carbocycles. The van der Waals surface area contributed by atoms with Crippen LogP contribution in [-0.2, 0) is 20.9 Å². The summed E-state index contributed by atoms with van der Waals surface area (Å²) in [4.78, 5) is 37.2. The van der Waals surface area contributed by atoms with E-state index < -0.39 is 23.9 Å². The van der Waals surface area contributed by atoms with Gasteiger partial charge in [0.2, 0.25) is 5.76 Å². The number of furan rings is 2. The predicted octanol–water partition coefficient (Wildman–Crippen LogP) is 3.70. The Morgan fingerprint density at radius 3 is 2.50 bits per heavy atom. The van der Waals surface area contributed by atoms with Crippen LogP contribution in [0.1, 0.15) is 47.4 Å². The summed E-state index contributed by atoms with van der Waals surface area (Å²) in [7, 11) is 0. The van der Waals surface area contributed by atoms with Gasteiger partial charge in [-0.2, -0.15) is 0 Å². The van der Waals surface area contributed by atoms with Crippen molar-refractivity contribution in [2.24, 2.45) is 5.92 Å². The Morgan fingerprint density at radius 2 is 1.83 bits per heavy atom. The molecule has 1 amide bonds. The molecule has 0 fully saturated rings. The van der Waals surface area contributed by atoms with E-state index in [1.165, 1.54) is 12.3 Å². The summed E-state index contributed by atoms with van der Waals surface area (Å²) in [6.07, 6.45) is 1.37. The largest absolute Gasteiger partial charge is 0.460 e. The van der Waals surface area contributed by atoms with Crippen molar-refractivity contribution in [3.63, 3.8) is 0 Å². The monoisotopic (exact) mass is 413 g/mol. The first-order valence-corrected chi connectivity index (χ1v) is 9.60. The van der Waals surface area contributed by atoms with Gasteiger partial charge in [-0.1, -0.05) is 32.0 Å². The first kappa shape index (κ1) is 21.2. The highest BCUT2D eigenvalue weighted by atomic mass is 16.5. The molecule has 0 aliphatic rings. The Labute approximate surface area is 173 Å². The number of hydrogen-bond acceptors (Lipinski definition) is 7. The lowest BCUT2D eigenvalue weighted by molar-refractivity contribution is -0.148. The Kier molecular flexibility index (Phi) is 6.56. The van der Waals surface area contributed by atoms with Crippen LogP contribution in [0.4, 0.5) is 0 Å². The van der Waals surface area contributed by atoms with Crippen LogP contribution in [0.25, 0.3) is 11.0 Å². The molecule has 8 nitrogen and oxygen atoms in total. The van der Waals surface area contributed by atoms with Gasteiger partial charge in [-0.3, -0.25) is 4.79 Å². The number of carbonyl (C=O) groups excluding carboxylic acids is 3. The molecule has 8 heteroatoms. The first-order valence-electron chi connectivity index (χ1n) is 9.60. The zero-order valence-electron chi connectivity index (χ0n) is 17.0. The second-order valence-corrected chi connectivity index (χ2v) is 6.91. The summed E-state index contributed by atoms with van der Waals surface area (Å²) < 4.78 is 21.2. The van der Waals surface area contributed by atoms with Crippen molar-refractivity contribution in [1.29, 1.82) is 0 Å². The first-order chi connectivity index (χ1) is 14.4. The van der Waals surface area contributed by atoms with Crippen molar-refractivity contribution < 1.29 is 32.7 Å². The molecule has 0 radical (unpaired) electrons. The molecule has 2 aromatic heterocycles. The minimum Gasteiger partial charge on any atom is -0.460 e. The van der Waals surface area contributed by atoms with Crippen molar-refractivity contribution >= 4 is 28.8 Å². The molecule has 0 saturated heterocycles. The molecule has 3 rings (SSSR count). The maximum absolute atomic E-state index is 12.7. The van der Waals surface area contributed by atoms with Crippen LogP contribution in [0.2, 0.25) is 0 Å². The fourth-order valence-electron chi connectivity index (χ4n) is 2.95. The molecule has 0 spiro atoms. The summed E-state index contributed by atoms with van der Waals surface area (Å²) in [5.74, 6) is -1.93. The standard InChI is InChI=1S/C22H23NO7/c1-4-27-22(26)19-15(14-8-5-6-9-16(14)30-19)12-29-21(25)18(13(2)3)23-20(24)17-10-7-11-28-17/h5-11,13,18H,4,12H2,1-3H3,(H,23,24)/t18-/m0/s1. The van der Waals surface area contributed by atoms with E-state index in [9.17, 15) is 14.4 Å². The van der Waals surface area contributed by atoms with E-state index in [0.717, 1.165) is 0 Å². The third-order valence-corrected chi connectivity index (χ3v) is 4.47. The van der Waals surface area contributed by atoms with E-state index in [1.807, 2.05) is 0 Å². The van der Waals surface area contributed by atoms with Gasteiger partial charge in [0.15, 0.2) is 5.76 Å². The molecule has 30 heavy (non-hydrogen) atoms. The molecule has 0 unspecified atom stereocenters. The number of para-hydroxylation sites is 1. The maximum atomic E-state index is 12.7. The number of esters is 2. The number of rotatable bonds is 8. The molecule has 1 aromatic carbocycles. The molecule has 158 valence electrons. The summed E-state index contributed by atoms with van der Waals surface area (Å²) in [6, 6.07) is 9.23. The number of carbonyl (C=O) groups is 3. The van der Waals surface area contributed by atoms with Gasteiger partial charge in [0.05, 0.1) is 18.4 Å². The van der Waals surface area contributed by atoms with Gasteiger partial charge in [0.1, 0.15) is 18.2 Å². The van der Waals surface area contributed by atoms with E-state index in [1.54, 1.807) is 51.1 Å². The minimum atomic E-state index is -0.896. The Morgan fingerprint density at radius 1 is 1.07 bits per heavy atom. The molecule has 3 aromatic rings. The van der Waals surface area contributed by atoms with Gasteiger partial charge in [0.25, 0.3) is 5.91 Å². The number of benzene rings is 1. The van der Waals surface area contributed by atoms with E-state index in [4.69, 9.17) is 18.3 Å². The predicted molar refractivity (Wildman–Crippen MR) is 107 cm³/mol. The van der Waals surface area contributed by atoms with Crippen molar-refractivity contribution in [1.82, 2.24) is 5.32 Å². The number of nitrogens with one attached hydrogen (secondary N) is 1. The van der Waals surface area contributed by atoms with Crippen LogP contribution in [-0.4, -0.2) is 30.5 Å². The molecule has 1 N–H and O–H groups in total. The lowest BCUT2D eigenvalue weighted by Gasteiger charge is -2.20. The normalized spacial score (nSPS) is 12.0. The average Bonchev–Trinajstić information content (AvgIpc) is 3.38. The molecular weight excluding hydrogens is 390 g/mol. The molecular formula is C22H23NO7. The van der Waals surface area contributed by atoms with E-state index in [2.05, 4.69) is 5.32 Å². The van der Waals surface area contributed by atoms with Gasteiger partial charge < -0.3 is 23.6 Å². The summed E-state index contributed by atoms with van der Waals surface area (Å²) in [5, 5.41) is 3.27. The van der Waals surface area contributed by atoms with Crippen LogP contribution in [0.5, 0.6) is 0 Å². The Balaban J connectivity index is 1.78. The number of hydrogen-bond donors (Lipinski definition) is 1. The summed E-state index contributed by atoms with van der Waals surface area (Å²) in [6.45, 7) is 5.24. The third kappa shape index (κ3) is 4.53. The second kappa shape index (κ2) is 9.30. The van der Waals surface area contributed by atoms with Crippen molar-refractivity contribution in [2.75, 3.05) is 6.61 Å². The minimum absolute atomic E-state index is 0.00781. The molecule has 0 aliphatic heterocycles. The van der Waals surface area contributed by atoms with Crippen molar-refractivity contribution in [3.05, 3.63) is 59.7 Å². The van der Waals surface area contributed by atoms with Crippen LogP contribution in [0, 0.1) is 5.92 Å². The topological polar surface area (TPSA) is 108 Å². The fourth-order valence-corrected chi connectivity index (χ4v) is 2.95. The van der Waals surface area contributed by atoms with Crippen LogP contribution in [0.15, 0.2) is 51.5 Å². The Hall–Kier alpha value is -3.55. The Bertz CT molecular complexity index is 1030. The van der Waals surface area contributed by atoms with Crippen molar-refractivity contribution in [3.8, 4) is 0 Å². The number of amides is 1. The van der Waals surface area contributed by atoms with Crippen LogP contribution < -0.4 is 5.32 Å². The average molecular weight is 413 g/mol. The highest BCUT2D eigenvalue weighted by molar-refractivity contribution is 5.96. The van der Waals surface area contributed by atoms with Gasteiger partial charge in [0, 0.05) is 5.39 Å². The molecule has 0 bridgehead atoms. The maximum Gasteiger partial charge on any atom is 0.374 e. The highest BCUT2D eigenvalue weighted by Gasteiger charge is 2.29. The number of ether oxygens (including phenoxy) is 2. The van der Waals surface area contributed by atoms with Gasteiger partial charge in [-0.25, -0.2) is 9.59 Å². The zero-order valence-corrected chi connectivity index (χ0v) is 17.0. The zero-order chi connectivity index (χ0) is 21.7. The smallest absolute Gasteiger partial charge is 0.374 e. The van der Waals surface area contributed by atoms with E-state index >= 15 is 0 Å². The lowest BCUT2D eigenvalue weighted by atomic mass is 10.0. The van der Waals surface area contributed by atoms with E-state index in [0.29, 0.717) is 16.5 Å². The lowest BCUT2D eigenvalue weighted by Crippen LogP contribution is -2.45. The molecule has 2 heterocycles.